The molecule has 0 fully saturated rings. The average molecular weight is 523 g/mol. The second-order valence-electron chi connectivity index (χ2n) is 10.5. The average Bonchev–Trinajstić information content (AvgIpc) is 3.49. The summed E-state index contributed by atoms with van der Waals surface area (Å²) in [5.74, 6) is 0.887. The molecule has 0 aliphatic heterocycles. The quantitative estimate of drug-likeness (QED) is 0.210. The van der Waals surface area contributed by atoms with E-state index in [0.717, 1.165) is 22.3 Å². The van der Waals surface area contributed by atoms with Gasteiger partial charge in [-0.1, -0.05) is 140 Å². The van der Waals surface area contributed by atoms with Crippen molar-refractivity contribution in [1.29, 1.82) is 0 Å². The highest BCUT2D eigenvalue weighted by molar-refractivity contribution is 6.21. The van der Waals surface area contributed by atoms with Gasteiger partial charge in [-0.2, -0.15) is 0 Å². The van der Waals surface area contributed by atoms with Gasteiger partial charge in [0.25, 0.3) is 0 Å². The summed E-state index contributed by atoms with van der Waals surface area (Å²) in [4.78, 5) is 0. The minimum atomic E-state index is 0.887. The first kappa shape index (κ1) is 23.5. The molecule has 0 N–H and O–H groups in total. The van der Waals surface area contributed by atoms with Crippen molar-refractivity contribution >= 4 is 32.5 Å². The van der Waals surface area contributed by atoms with Crippen LogP contribution in [-0.4, -0.2) is 0 Å². The van der Waals surface area contributed by atoms with E-state index in [1.54, 1.807) is 0 Å². The van der Waals surface area contributed by atoms with E-state index in [9.17, 15) is 0 Å². The van der Waals surface area contributed by atoms with Crippen molar-refractivity contribution in [3.8, 4) is 44.7 Å². The topological polar surface area (TPSA) is 13.1 Å². The lowest BCUT2D eigenvalue weighted by atomic mass is 9.85. The number of fused-ring (bicyclic) bond motifs is 3. The third kappa shape index (κ3) is 3.94. The SMILES string of the molecule is c1ccc(-c2cc3c(-c4cccc(-c5c6ccccc6c(-c6ccccc6)c6ccccc56)c4)cccc3o2)cc1. The summed E-state index contributed by atoms with van der Waals surface area (Å²) in [5.41, 5.74) is 9.32. The molecule has 0 radical (unpaired) electrons. The molecule has 1 nitrogen and oxygen atoms in total. The van der Waals surface area contributed by atoms with Crippen molar-refractivity contribution < 1.29 is 4.42 Å². The van der Waals surface area contributed by atoms with Crippen molar-refractivity contribution in [2.45, 2.75) is 0 Å². The fourth-order valence-corrected chi connectivity index (χ4v) is 6.25. The van der Waals surface area contributed by atoms with Crippen molar-refractivity contribution in [3.63, 3.8) is 0 Å². The summed E-state index contributed by atoms with van der Waals surface area (Å²) < 4.78 is 6.30. The Kier molecular flexibility index (Phi) is 5.53. The highest BCUT2D eigenvalue weighted by atomic mass is 16.3. The van der Waals surface area contributed by atoms with E-state index in [0.29, 0.717) is 0 Å². The number of hydrogen-bond acceptors (Lipinski definition) is 1. The van der Waals surface area contributed by atoms with Crippen LogP contribution in [0, 0.1) is 0 Å². The molecular formula is C40H26O. The van der Waals surface area contributed by atoms with E-state index < -0.39 is 0 Å². The maximum absolute atomic E-state index is 6.30. The zero-order chi connectivity index (χ0) is 27.2. The lowest BCUT2D eigenvalue weighted by molar-refractivity contribution is 0.631. The van der Waals surface area contributed by atoms with Gasteiger partial charge in [-0.3, -0.25) is 0 Å². The molecule has 0 spiro atoms. The Morgan fingerprint density at radius 2 is 0.805 bits per heavy atom. The molecule has 1 heteroatoms. The van der Waals surface area contributed by atoms with Crippen molar-refractivity contribution in [2.24, 2.45) is 0 Å². The molecule has 8 rings (SSSR count). The summed E-state index contributed by atoms with van der Waals surface area (Å²) in [6.45, 7) is 0. The van der Waals surface area contributed by atoms with Crippen LogP contribution in [0.15, 0.2) is 162 Å². The maximum Gasteiger partial charge on any atom is 0.135 e. The molecule has 0 aliphatic rings. The number of hydrogen-bond donors (Lipinski definition) is 0. The Morgan fingerprint density at radius 3 is 1.44 bits per heavy atom. The summed E-state index contributed by atoms with van der Waals surface area (Å²) in [6.07, 6.45) is 0. The fourth-order valence-electron chi connectivity index (χ4n) is 6.25. The van der Waals surface area contributed by atoms with Crippen LogP contribution in [0.4, 0.5) is 0 Å². The molecule has 7 aromatic carbocycles. The number of furan rings is 1. The van der Waals surface area contributed by atoms with E-state index in [4.69, 9.17) is 4.42 Å². The lowest BCUT2D eigenvalue weighted by Crippen LogP contribution is -1.91. The first-order valence-corrected chi connectivity index (χ1v) is 14.0. The van der Waals surface area contributed by atoms with Gasteiger partial charge in [-0.25, -0.2) is 0 Å². The largest absolute Gasteiger partial charge is 0.456 e. The van der Waals surface area contributed by atoms with E-state index >= 15 is 0 Å². The number of benzene rings is 7. The Labute approximate surface area is 238 Å². The van der Waals surface area contributed by atoms with Gasteiger partial charge in [0, 0.05) is 10.9 Å². The zero-order valence-electron chi connectivity index (χ0n) is 22.4. The molecule has 41 heavy (non-hydrogen) atoms. The lowest BCUT2D eigenvalue weighted by Gasteiger charge is -2.18. The van der Waals surface area contributed by atoms with Gasteiger partial charge >= 0.3 is 0 Å². The summed E-state index contributed by atoms with van der Waals surface area (Å²) in [6, 6.07) is 56.1. The molecule has 192 valence electrons. The van der Waals surface area contributed by atoms with Crippen LogP contribution in [0.3, 0.4) is 0 Å². The normalized spacial score (nSPS) is 11.4. The highest BCUT2D eigenvalue weighted by Gasteiger charge is 2.17. The summed E-state index contributed by atoms with van der Waals surface area (Å²) in [5, 5.41) is 6.17. The highest BCUT2D eigenvalue weighted by Crippen LogP contribution is 2.44. The third-order valence-corrected chi connectivity index (χ3v) is 8.08. The van der Waals surface area contributed by atoms with Gasteiger partial charge in [0.1, 0.15) is 11.3 Å². The third-order valence-electron chi connectivity index (χ3n) is 8.08. The van der Waals surface area contributed by atoms with Crippen LogP contribution >= 0.6 is 0 Å². The molecular weight excluding hydrogens is 496 g/mol. The molecule has 0 aliphatic carbocycles. The van der Waals surface area contributed by atoms with Crippen molar-refractivity contribution in [3.05, 3.63) is 158 Å². The molecule has 1 heterocycles. The Bertz CT molecular complexity index is 2130. The first-order chi connectivity index (χ1) is 20.3. The zero-order valence-corrected chi connectivity index (χ0v) is 22.4. The van der Waals surface area contributed by atoms with Gasteiger partial charge in [-0.05, 0) is 73.1 Å². The van der Waals surface area contributed by atoms with E-state index in [-0.39, 0.29) is 0 Å². The molecule has 8 aromatic rings. The first-order valence-electron chi connectivity index (χ1n) is 14.0. The number of rotatable bonds is 4. The Balaban J connectivity index is 1.36. The summed E-state index contributed by atoms with van der Waals surface area (Å²) >= 11 is 0. The second-order valence-corrected chi connectivity index (χ2v) is 10.5. The smallest absolute Gasteiger partial charge is 0.135 e. The van der Waals surface area contributed by atoms with E-state index in [1.807, 2.05) is 18.2 Å². The molecule has 0 amide bonds. The molecule has 0 atom stereocenters. The Morgan fingerprint density at radius 1 is 0.317 bits per heavy atom. The molecule has 0 saturated carbocycles. The van der Waals surface area contributed by atoms with Crippen LogP contribution in [0.25, 0.3) is 77.2 Å². The van der Waals surface area contributed by atoms with Crippen LogP contribution in [0.5, 0.6) is 0 Å². The van der Waals surface area contributed by atoms with Crippen LogP contribution in [0.1, 0.15) is 0 Å². The van der Waals surface area contributed by atoms with Crippen molar-refractivity contribution in [1.82, 2.24) is 0 Å². The van der Waals surface area contributed by atoms with Crippen molar-refractivity contribution in [2.75, 3.05) is 0 Å². The van der Waals surface area contributed by atoms with Gasteiger partial charge < -0.3 is 4.42 Å². The second kappa shape index (κ2) is 9.66. The molecule has 0 unspecified atom stereocenters. The Hall–Kier alpha value is -5.40. The standard InChI is InChI=1S/C40H26O/c1-3-13-27(14-4-1)38-26-36-31(23-12-24-37(36)41-38)29-17-11-18-30(25-29)40-34-21-9-7-19-32(34)39(28-15-5-2-6-16-28)33-20-8-10-22-35(33)40/h1-26H. The molecule has 0 saturated heterocycles. The monoisotopic (exact) mass is 522 g/mol. The predicted octanol–water partition coefficient (Wildman–Crippen LogP) is 11.4. The van der Waals surface area contributed by atoms with Crippen LogP contribution < -0.4 is 0 Å². The van der Waals surface area contributed by atoms with Gasteiger partial charge in [0.15, 0.2) is 0 Å². The fraction of sp³-hybridized carbons (Fsp3) is 0. The predicted molar refractivity (Wildman–Crippen MR) is 173 cm³/mol. The molecule has 0 bridgehead atoms. The van der Waals surface area contributed by atoms with E-state index in [2.05, 4.69) is 140 Å². The van der Waals surface area contributed by atoms with Gasteiger partial charge in [-0.15, -0.1) is 0 Å². The minimum absolute atomic E-state index is 0.887. The van der Waals surface area contributed by atoms with Crippen LogP contribution in [-0.2, 0) is 0 Å². The molecule has 1 aromatic heterocycles. The van der Waals surface area contributed by atoms with Gasteiger partial charge in [0.2, 0.25) is 0 Å². The van der Waals surface area contributed by atoms with Crippen LogP contribution in [0.2, 0.25) is 0 Å². The summed E-state index contributed by atoms with van der Waals surface area (Å²) in [7, 11) is 0. The van der Waals surface area contributed by atoms with E-state index in [1.165, 1.54) is 54.9 Å². The minimum Gasteiger partial charge on any atom is -0.456 e. The van der Waals surface area contributed by atoms with Gasteiger partial charge in [0.05, 0.1) is 0 Å². The maximum atomic E-state index is 6.30.